The van der Waals surface area contributed by atoms with E-state index in [1.165, 1.54) is 128 Å². The van der Waals surface area contributed by atoms with E-state index in [2.05, 4.69) is 0 Å². The maximum Gasteiger partial charge on any atom is -0.0184 e. The van der Waals surface area contributed by atoms with Crippen LogP contribution in [0.2, 0.25) is 0 Å². The van der Waals surface area contributed by atoms with Crippen LogP contribution < -0.4 is 0 Å². The molecule has 4 saturated carbocycles. The quantitative estimate of drug-likeness (QED) is 0.316. The molecule has 0 aromatic heterocycles. The Labute approximate surface area is 259 Å². The summed E-state index contributed by atoms with van der Waals surface area (Å²) >= 11 is 0. The molecule has 0 saturated heterocycles. The highest BCUT2D eigenvalue weighted by molar-refractivity contribution is 5.02. The maximum absolute atomic E-state index is 1.60. The second-order valence-corrected chi connectivity index (χ2v) is 16.0. The van der Waals surface area contributed by atoms with Crippen molar-refractivity contribution >= 4 is 0 Å². The summed E-state index contributed by atoms with van der Waals surface area (Å²) in [5.41, 5.74) is 0.663. The SMILES string of the molecule is C1CCCCC(C(C2CCCCCCCCC2)(C2CCCCCCCCC2)C2CCCCCCCCC2)CCCC1. The molecule has 0 bridgehead atoms. The minimum absolute atomic E-state index is 0.663. The van der Waals surface area contributed by atoms with E-state index in [0.29, 0.717) is 5.41 Å². The van der Waals surface area contributed by atoms with Crippen LogP contribution >= 0.6 is 0 Å². The average Bonchev–Trinajstić information content (AvgIpc) is 3.01. The first-order valence-corrected chi connectivity index (χ1v) is 20.4. The normalized spacial score (nSPS) is 27.5. The van der Waals surface area contributed by atoms with Crippen LogP contribution in [-0.2, 0) is 0 Å². The summed E-state index contributed by atoms with van der Waals surface area (Å²) in [4.78, 5) is 0. The molecule has 0 aromatic carbocycles. The predicted octanol–water partition coefficient (Wildman–Crippen LogP) is 14.5. The van der Waals surface area contributed by atoms with E-state index < -0.39 is 0 Å². The lowest BCUT2D eigenvalue weighted by Gasteiger charge is -2.58. The Morgan fingerprint density at radius 3 is 0.439 bits per heavy atom. The monoisotopic (exact) mass is 569 g/mol. The molecule has 240 valence electrons. The van der Waals surface area contributed by atoms with E-state index in [4.69, 9.17) is 0 Å². The van der Waals surface area contributed by atoms with E-state index in [1.807, 2.05) is 0 Å². The van der Waals surface area contributed by atoms with Gasteiger partial charge in [0.1, 0.15) is 0 Å². The molecule has 0 aliphatic heterocycles. The maximum atomic E-state index is 1.60. The van der Waals surface area contributed by atoms with Gasteiger partial charge in [-0.15, -0.1) is 0 Å². The van der Waals surface area contributed by atoms with Crippen LogP contribution in [0.15, 0.2) is 0 Å². The van der Waals surface area contributed by atoms with Gasteiger partial charge in [-0.1, -0.05) is 180 Å². The van der Waals surface area contributed by atoms with E-state index in [9.17, 15) is 0 Å². The lowest BCUT2D eigenvalue weighted by molar-refractivity contribution is -0.0916. The number of hydrogen-bond donors (Lipinski definition) is 0. The molecular formula is C41H76. The summed E-state index contributed by atoms with van der Waals surface area (Å²) in [7, 11) is 0. The van der Waals surface area contributed by atoms with E-state index >= 15 is 0 Å². The fourth-order valence-corrected chi connectivity index (χ4v) is 11.2. The summed E-state index contributed by atoms with van der Waals surface area (Å²) in [5.74, 6) is 4.15. The topological polar surface area (TPSA) is 0 Å². The molecule has 0 nitrogen and oxygen atoms in total. The van der Waals surface area contributed by atoms with Crippen molar-refractivity contribution in [3.63, 3.8) is 0 Å². The highest BCUT2D eigenvalue weighted by Crippen LogP contribution is 2.61. The lowest BCUT2D eigenvalue weighted by atomic mass is 9.47. The van der Waals surface area contributed by atoms with Gasteiger partial charge < -0.3 is 0 Å². The smallest absolute Gasteiger partial charge is 0.0184 e. The molecular weight excluding hydrogens is 492 g/mol. The molecule has 0 unspecified atom stereocenters. The van der Waals surface area contributed by atoms with Crippen molar-refractivity contribution in [1.29, 1.82) is 0 Å². The number of hydrogen-bond acceptors (Lipinski definition) is 0. The van der Waals surface area contributed by atoms with Crippen molar-refractivity contribution in [2.45, 2.75) is 231 Å². The van der Waals surface area contributed by atoms with Crippen LogP contribution in [0.5, 0.6) is 0 Å². The van der Waals surface area contributed by atoms with Gasteiger partial charge in [0.15, 0.2) is 0 Å². The van der Waals surface area contributed by atoms with Gasteiger partial charge in [0, 0.05) is 0 Å². The molecule has 0 radical (unpaired) electrons. The van der Waals surface area contributed by atoms with Gasteiger partial charge >= 0.3 is 0 Å². The van der Waals surface area contributed by atoms with Crippen LogP contribution in [-0.4, -0.2) is 0 Å². The minimum atomic E-state index is 0.663. The van der Waals surface area contributed by atoms with Gasteiger partial charge in [0.2, 0.25) is 0 Å². The fraction of sp³-hybridized carbons (Fsp3) is 1.00. The molecule has 4 aliphatic rings. The second kappa shape index (κ2) is 20.9. The van der Waals surface area contributed by atoms with Crippen LogP contribution in [0.3, 0.4) is 0 Å². The van der Waals surface area contributed by atoms with Gasteiger partial charge in [-0.05, 0) is 80.5 Å². The fourth-order valence-electron chi connectivity index (χ4n) is 11.2. The first-order chi connectivity index (χ1) is 20.4. The Hall–Kier alpha value is 0. The van der Waals surface area contributed by atoms with E-state index in [0.717, 1.165) is 23.7 Å². The third kappa shape index (κ3) is 11.1. The van der Waals surface area contributed by atoms with Crippen molar-refractivity contribution in [3.05, 3.63) is 0 Å². The van der Waals surface area contributed by atoms with Crippen LogP contribution in [0, 0.1) is 29.1 Å². The summed E-state index contributed by atoms with van der Waals surface area (Å²) in [6.07, 6.45) is 55.8. The summed E-state index contributed by atoms with van der Waals surface area (Å²) < 4.78 is 0. The Kier molecular flexibility index (Phi) is 17.2. The van der Waals surface area contributed by atoms with Crippen molar-refractivity contribution in [3.8, 4) is 0 Å². The van der Waals surface area contributed by atoms with E-state index in [1.54, 1.807) is 103 Å². The summed E-state index contributed by atoms with van der Waals surface area (Å²) in [5, 5.41) is 0. The first-order valence-electron chi connectivity index (χ1n) is 20.4. The number of rotatable bonds is 4. The summed E-state index contributed by atoms with van der Waals surface area (Å²) in [6.45, 7) is 0. The highest BCUT2D eigenvalue weighted by atomic mass is 14.6. The third-order valence-corrected chi connectivity index (χ3v) is 13.2. The Morgan fingerprint density at radius 2 is 0.293 bits per heavy atom. The predicted molar refractivity (Wildman–Crippen MR) is 183 cm³/mol. The van der Waals surface area contributed by atoms with Gasteiger partial charge in [0.25, 0.3) is 0 Å². The van der Waals surface area contributed by atoms with Gasteiger partial charge in [-0.2, -0.15) is 0 Å². The standard InChI is InChI=1S/C41H76/c1-5-13-21-29-37(30-22-14-6-1)41(38-31-23-15-7-2-8-16-24-32-38,39-33-25-17-9-3-10-18-26-34-39)40-35-27-19-11-4-12-20-28-36-40/h37-40H,1-36H2. The Balaban J connectivity index is 1.77. The molecule has 0 spiro atoms. The Morgan fingerprint density at radius 1 is 0.171 bits per heavy atom. The molecule has 41 heavy (non-hydrogen) atoms. The zero-order valence-electron chi connectivity index (χ0n) is 28.3. The van der Waals surface area contributed by atoms with Crippen LogP contribution in [0.25, 0.3) is 0 Å². The molecule has 0 amide bonds. The third-order valence-electron chi connectivity index (χ3n) is 13.2. The largest absolute Gasteiger partial charge is 0.0533 e. The molecule has 0 aromatic rings. The second-order valence-electron chi connectivity index (χ2n) is 16.0. The molecule has 4 fully saturated rings. The molecule has 4 aliphatic carbocycles. The van der Waals surface area contributed by atoms with E-state index in [-0.39, 0.29) is 0 Å². The Bertz CT molecular complexity index is 470. The van der Waals surface area contributed by atoms with Gasteiger partial charge in [0.05, 0.1) is 0 Å². The van der Waals surface area contributed by atoms with Crippen molar-refractivity contribution in [2.75, 3.05) is 0 Å². The molecule has 0 heteroatoms. The lowest BCUT2D eigenvalue weighted by Crippen LogP contribution is -2.51. The zero-order chi connectivity index (χ0) is 28.3. The average molecular weight is 569 g/mol. The van der Waals surface area contributed by atoms with Crippen molar-refractivity contribution in [2.24, 2.45) is 29.1 Å². The van der Waals surface area contributed by atoms with Gasteiger partial charge in [-0.3, -0.25) is 0 Å². The van der Waals surface area contributed by atoms with Crippen LogP contribution in [0.4, 0.5) is 0 Å². The zero-order valence-corrected chi connectivity index (χ0v) is 28.3. The highest BCUT2D eigenvalue weighted by Gasteiger charge is 2.53. The molecule has 4 rings (SSSR count). The van der Waals surface area contributed by atoms with Crippen molar-refractivity contribution in [1.82, 2.24) is 0 Å². The first kappa shape index (κ1) is 33.9. The summed E-state index contributed by atoms with van der Waals surface area (Å²) in [6, 6.07) is 0. The van der Waals surface area contributed by atoms with Crippen LogP contribution in [0.1, 0.15) is 231 Å². The molecule has 0 N–H and O–H groups in total. The molecule has 0 heterocycles. The minimum Gasteiger partial charge on any atom is -0.0533 e. The van der Waals surface area contributed by atoms with Crippen molar-refractivity contribution < 1.29 is 0 Å². The van der Waals surface area contributed by atoms with Gasteiger partial charge in [-0.25, -0.2) is 0 Å². The molecule has 0 atom stereocenters.